The third kappa shape index (κ3) is 6.17. The smallest absolute Gasteiger partial charge is 0.341 e. The molecule has 0 atom stereocenters. The van der Waals surface area contributed by atoms with E-state index in [1.807, 2.05) is 19.9 Å². The molecule has 11 heteroatoms. The Morgan fingerprint density at radius 2 is 1.94 bits per heavy atom. The average Bonchev–Trinajstić information content (AvgIpc) is 3.40. The van der Waals surface area contributed by atoms with Crippen molar-refractivity contribution < 1.29 is 28.3 Å². The van der Waals surface area contributed by atoms with Gasteiger partial charge in [0.2, 0.25) is 0 Å². The van der Waals surface area contributed by atoms with Crippen molar-refractivity contribution in [2.45, 2.75) is 25.9 Å². The molecule has 0 bridgehead atoms. The number of furan rings is 1. The highest BCUT2D eigenvalue weighted by molar-refractivity contribution is 7.99. The van der Waals surface area contributed by atoms with Gasteiger partial charge in [-0.1, -0.05) is 11.8 Å². The number of carbonyl (C=O) groups is 3. The van der Waals surface area contributed by atoms with E-state index in [-0.39, 0.29) is 22.9 Å². The van der Waals surface area contributed by atoms with Crippen LogP contribution in [0.3, 0.4) is 0 Å². The minimum Gasteiger partial charge on any atom is -0.464 e. The van der Waals surface area contributed by atoms with Gasteiger partial charge in [0.25, 0.3) is 5.91 Å². The molecule has 0 aromatic carbocycles. The van der Waals surface area contributed by atoms with Crippen molar-refractivity contribution in [2.75, 3.05) is 24.3 Å². The highest BCUT2D eigenvalue weighted by Crippen LogP contribution is 2.36. The minimum absolute atomic E-state index is 0.0358. The lowest BCUT2D eigenvalue weighted by molar-refractivity contribution is -0.144. The zero-order valence-electron chi connectivity index (χ0n) is 17.7. The number of nitrogens with one attached hydrogen (secondary N) is 1. The van der Waals surface area contributed by atoms with Crippen LogP contribution < -0.4 is 5.32 Å². The van der Waals surface area contributed by atoms with Gasteiger partial charge in [0.15, 0.2) is 11.8 Å². The van der Waals surface area contributed by atoms with E-state index in [0.717, 1.165) is 34.5 Å². The van der Waals surface area contributed by atoms with Crippen LogP contribution in [0.5, 0.6) is 0 Å². The molecule has 0 unspecified atom stereocenters. The largest absolute Gasteiger partial charge is 0.464 e. The first kappa shape index (κ1) is 23.5. The molecule has 0 radical (unpaired) electrons. The maximum Gasteiger partial charge on any atom is 0.341 e. The number of ether oxygens (including phenoxy) is 2. The van der Waals surface area contributed by atoms with E-state index < -0.39 is 24.5 Å². The summed E-state index contributed by atoms with van der Waals surface area (Å²) in [6, 6.07) is 5.23. The summed E-state index contributed by atoms with van der Waals surface area (Å²) in [5, 5.41) is 5.04. The summed E-state index contributed by atoms with van der Waals surface area (Å²) in [6.07, 6.45) is 1.49. The molecule has 1 amide bonds. The molecule has 3 heterocycles. The third-order valence-electron chi connectivity index (χ3n) is 3.96. The number of aryl methyl sites for hydroxylation is 2. The number of amides is 1. The van der Waals surface area contributed by atoms with Crippen LogP contribution in [-0.4, -0.2) is 46.8 Å². The Morgan fingerprint density at radius 1 is 1.19 bits per heavy atom. The van der Waals surface area contributed by atoms with Crippen LogP contribution in [-0.2, 0) is 19.1 Å². The summed E-state index contributed by atoms with van der Waals surface area (Å²) in [5.74, 6) is -1.31. The topological polar surface area (TPSA) is 121 Å². The third-order valence-corrected chi connectivity index (χ3v) is 5.67. The molecule has 168 valence electrons. The fourth-order valence-electron chi connectivity index (χ4n) is 2.70. The second-order valence-corrected chi connectivity index (χ2v) is 8.30. The molecule has 9 nitrogen and oxygen atoms in total. The maximum absolute atomic E-state index is 12.4. The van der Waals surface area contributed by atoms with E-state index in [2.05, 4.69) is 15.3 Å². The highest BCUT2D eigenvalue weighted by Gasteiger charge is 2.24. The Bertz CT molecular complexity index is 1090. The lowest BCUT2D eigenvalue weighted by Crippen LogP contribution is -2.22. The zero-order chi connectivity index (χ0) is 23.1. The second kappa shape index (κ2) is 10.9. The van der Waals surface area contributed by atoms with Crippen LogP contribution in [0.25, 0.3) is 11.3 Å². The van der Waals surface area contributed by atoms with Gasteiger partial charge >= 0.3 is 11.9 Å². The van der Waals surface area contributed by atoms with Crippen LogP contribution >= 0.6 is 23.1 Å². The summed E-state index contributed by atoms with van der Waals surface area (Å²) >= 11 is 2.28. The SMILES string of the molecule is CCOC(=O)c1c(-c2ccco2)csc1NC(=O)COC(=O)CSc1nc(C)cc(C)n1. The van der Waals surface area contributed by atoms with E-state index in [0.29, 0.717) is 16.5 Å². The summed E-state index contributed by atoms with van der Waals surface area (Å²) < 4.78 is 15.5. The lowest BCUT2D eigenvalue weighted by Gasteiger charge is -2.08. The van der Waals surface area contributed by atoms with Crippen LogP contribution in [0, 0.1) is 13.8 Å². The number of thiophene rings is 1. The lowest BCUT2D eigenvalue weighted by atomic mass is 10.1. The molecule has 3 aromatic rings. The summed E-state index contributed by atoms with van der Waals surface area (Å²) in [4.78, 5) is 45.2. The molecule has 0 spiro atoms. The number of anilines is 1. The van der Waals surface area contributed by atoms with Crippen LogP contribution in [0.2, 0.25) is 0 Å². The van der Waals surface area contributed by atoms with Gasteiger partial charge in [-0.25, -0.2) is 14.8 Å². The van der Waals surface area contributed by atoms with Gasteiger partial charge in [-0.15, -0.1) is 11.3 Å². The summed E-state index contributed by atoms with van der Waals surface area (Å²) in [6.45, 7) is 5.06. The quantitative estimate of drug-likeness (QED) is 0.279. The number of carbonyl (C=O) groups excluding carboxylic acids is 3. The first-order valence-corrected chi connectivity index (χ1v) is 11.5. The Labute approximate surface area is 192 Å². The van der Waals surface area contributed by atoms with Crippen molar-refractivity contribution in [3.05, 3.63) is 46.8 Å². The number of rotatable bonds is 9. The predicted molar refractivity (Wildman–Crippen MR) is 120 cm³/mol. The number of hydrogen-bond acceptors (Lipinski definition) is 10. The number of hydrogen-bond donors (Lipinski definition) is 1. The van der Waals surface area contributed by atoms with Crippen LogP contribution in [0.1, 0.15) is 28.7 Å². The average molecular weight is 476 g/mol. The second-order valence-electron chi connectivity index (χ2n) is 6.48. The molecule has 3 rings (SSSR count). The van der Waals surface area contributed by atoms with E-state index >= 15 is 0 Å². The number of esters is 2. The number of thioether (sulfide) groups is 1. The standard InChI is InChI=1S/C21H21N3O6S2/c1-4-28-20(27)18-14(15-6-5-7-29-15)10-31-19(18)24-16(25)9-30-17(26)11-32-21-22-12(2)8-13(3)23-21/h5-8,10H,4,9,11H2,1-3H3,(H,24,25). The van der Waals surface area contributed by atoms with Crippen molar-refractivity contribution in [3.63, 3.8) is 0 Å². The van der Waals surface area contributed by atoms with Gasteiger partial charge in [0.1, 0.15) is 16.3 Å². The summed E-state index contributed by atoms with van der Waals surface area (Å²) in [7, 11) is 0. The fraction of sp³-hybridized carbons (Fsp3) is 0.286. The normalized spacial score (nSPS) is 10.6. The van der Waals surface area contributed by atoms with E-state index in [4.69, 9.17) is 13.9 Å². The molecule has 0 aliphatic rings. The first-order chi connectivity index (χ1) is 15.4. The minimum atomic E-state index is -0.586. The Morgan fingerprint density at radius 3 is 2.59 bits per heavy atom. The van der Waals surface area contributed by atoms with E-state index in [1.165, 1.54) is 6.26 Å². The Kier molecular flexibility index (Phi) is 8.01. The van der Waals surface area contributed by atoms with Crippen molar-refractivity contribution in [1.82, 2.24) is 9.97 Å². The van der Waals surface area contributed by atoms with Gasteiger partial charge in [-0.05, 0) is 39.0 Å². The molecular weight excluding hydrogens is 454 g/mol. The molecule has 0 saturated heterocycles. The molecule has 0 fully saturated rings. The van der Waals surface area contributed by atoms with Gasteiger partial charge in [-0.3, -0.25) is 9.59 Å². The molecular formula is C21H21N3O6S2. The molecule has 1 N–H and O–H groups in total. The molecule has 3 aromatic heterocycles. The van der Waals surface area contributed by atoms with Gasteiger partial charge in [0.05, 0.1) is 18.6 Å². The molecule has 0 aliphatic carbocycles. The summed E-state index contributed by atoms with van der Waals surface area (Å²) in [5.41, 5.74) is 2.30. The fourth-order valence-corrected chi connectivity index (χ4v) is 4.40. The first-order valence-electron chi connectivity index (χ1n) is 9.60. The van der Waals surface area contributed by atoms with Crippen LogP contribution in [0.15, 0.2) is 39.4 Å². The Balaban J connectivity index is 1.58. The van der Waals surface area contributed by atoms with Crippen LogP contribution in [0.4, 0.5) is 5.00 Å². The van der Waals surface area contributed by atoms with Gasteiger partial charge in [0, 0.05) is 22.3 Å². The highest BCUT2D eigenvalue weighted by atomic mass is 32.2. The van der Waals surface area contributed by atoms with Gasteiger partial charge < -0.3 is 19.2 Å². The molecule has 0 aliphatic heterocycles. The molecule has 0 saturated carbocycles. The van der Waals surface area contributed by atoms with Crippen molar-refractivity contribution in [1.29, 1.82) is 0 Å². The maximum atomic E-state index is 12.4. The zero-order valence-corrected chi connectivity index (χ0v) is 19.3. The van der Waals surface area contributed by atoms with Crippen molar-refractivity contribution >= 4 is 45.9 Å². The number of aromatic nitrogens is 2. The number of nitrogens with zero attached hydrogens (tertiary/aromatic N) is 2. The van der Waals surface area contributed by atoms with E-state index in [1.54, 1.807) is 24.4 Å². The van der Waals surface area contributed by atoms with Crippen molar-refractivity contribution in [2.24, 2.45) is 0 Å². The monoisotopic (exact) mass is 475 g/mol. The predicted octanol–water partition coefficient (Wildman–Crippen LogP) is 3.87. The Hall–Kier alpha value is -3.18. The molecule has 32 heavy (non-hydrogen) atoms. The van der Waals surface area contributed by atoms with Crippen molar-refractivity contribution in [3.8, 4) is 11.3 Å². The van der Waals surface area contributed by atoms with E-state index in [9.17, 15) is 14.4 Å². The van der Waals surface area contributed by atoms with Gasteiger partial charge in [-0.2, -0.15) is 0 Å².